The second-order valence-corrected chi connectivity index (χ2v) is 6.55. The van der Waals surface area contributed by atoms with E-state index in [1.54, 1.807) is 36.4 Å². The van der Waals surface area contributed by atoms with Crippen LogP contribution in [0.1, 0.15) is 21.5 Å². The molecule has 1 heterocycles. The van der Waals surface area contributed by atoms with Crippen LogP contribution in [0.3, 0.4) is 0 Å². The first-order valence-electron chi connectivity index (χ1n) is 9.04. The third kappa shape index (κ3) is 4.56. The number of esters is 1. The quantitative estimate of drug-likeness (QED) is 0.618. The van der Waals surface area contributed by atoms with Gasteiger partial charge in [0.1, 0.15) is 0 Å². The van der Waals surface area contributed by atoms with E-state index in [-0.39, 0.29) is 11.9 Å². The lowest BCUT2D eigenvalue weighted by Gasteiger charge is -2.36. The first-order chi connectivity index (χ1) is 13.1. The Balaban J connectivity index is 1.56. The van der Waals surface area contributed by atoms with Crippen LogP contribution >= 0.6 is 0 Å². The fraction of sp³-hybridized carbons (Fsp3) is 0.273. The molecule has 1 amide bonds. The van der Waals surface area contributed by atoms with Gasteiger partial charge in [-0.25, -0.2) is 4.79 Å². The third-order valence-corrected chi connectivity index (χ3v) is 4.80. The Morgan fingerprint density at radius 1 is 0.963 bits per heavy atom. The van der Waals surface area contributed by atoms with Gasteiger partial charge in [-0.1, -0.05) is 30.3 Å². The summed E-state index contributed by atoms with van der Waals surface area (Å²) in [5, 5.41) is 0. The zero-order valence-electron chi connectivity index (χ0n) is 15.7. The van der Waals surface area contributed by atoms with Crippen molar-refractivity contribution in [2.75, 3.05) is 38.2 Å². The lowest BCUT2D eigenvalue weighted by Crippen LogP contribution is -2.48. The molecule has 0 unspecified atom stereocenters. The van der Waals surface area contributed by atoms with Gasteiger partial charge in [0.25, 0.3) is 0 Å². The van der Waals surface area contributed by atoms with Gasteiger partial charge in [0.05, 0.1) is 12.7 Å². The Labute approximate surface area is 159 Å². The van der Waals surface area contributed by atoms with Crippen molar-refractivity contribution >= 4 is 23.6 Å². The van der Waals surface area contributed by atoms with Gasteiger partial charge in [-0.15, -0.1) is 0 Å². The van der Waals surface area contributed by atoms with Crippen molar-refractivity contribution in [3.05, 3.63) is 71.3 Å². The van der Waals surface area contributed by atoms with Gasteiger partial charge < -0.3 is 14.5 Å². The number of benzene rings is 2. The van der Waals surface area contributed by atoms with Gasteiger partial charge in [0.15, 0.2) is 0 Å². The molecule has 0 bridgehead atoms. The van der Waals surface area contributed by atoms with Crippen LogP contribution in [0.4, 0.5) is 5.69 Å². The Bertz CT molecular complexity index is 835. The highest BCUT2D eigenvalue weighted by Crippen LogP contribution is 2.21. The van der Waals surface area contributed by atoms with Crippen LogP contribution in [0, 0.1) is 6.92 Å². The number of amides is 1. The highest BCUT2D eigenvalue weighted by atomic mass is 16.5. The molecule has 0 aromatic heterocycles. The van der Waals surface area contributed by atoms with E-state index in [4.69, 9.17) is 0 Å². The van der Waals surface area contributed by atoms with Gasteiger partial charge >= 0.3 is 5.97 Å². The Hall–Kier alpha value is -3.08. The number of anilines is 1. The predicted octanol–water partition coefficient (Wildman–Crippen LogP) is 3.14. The summed E-state index contributed by atoms with van der Waals surface area (Å²) in [6, 6.07) is 15.3. The van der Waals surface area contributed by atoms with Gasteiger partial charge in [-0.2, -0.15) is 0 Å². The number of para-hydroxylation sites is 1. The van der Waals surface area contributed by atoms with Crippen molar-refractivity contribution in [3.8, 4) is 0 Å². The zero-order chi connectivity index (χ0) is 19.2. The summed E-state index contributed by atoms with van der Waals surface area (Å²) in [6.07, 6.45) is 3.37. The average Bonchev–Trinajstić information content (AvgIpc) is 2.72. The lowest BCUT2D eigenvalue weighted by atomic mass is 10.1. The molecule has 27 heavy (non-hydrogen) atoms. The summed E-state index contributed by atoms with van der Waals surface area (Å²) in [5.74, 6) is -0.357. The van der Waals surface area contributed by atoms with E-state index >= 15 is 0 Å². The molecule has 0 radical (unpaired) electrons. The predicted molar refractivity (Wildman–Crippen MR) is 107 cm³/mol. The topological polar surface area (TPSA) is 49.9 Å². The molecule has 0 spiro atoms. The van der Waals surface area contributed by atoms with E-state index in [9.17, 15) is 9.59 Å². The molecule has 1 aliphatic rings. The minimum atomic E-state index is -0.367. The second-order valence-electron chi connectivity index (χ2n) is 6.55. The van der Waals surface area contributed by atoms with Gasteiger partial charge in [-0.05, 0) is 42.3 Å². The standard InChI is InChI=1S/C22H24N2O3/c1-17-5-3-4-6-20(17)23-13-15-24(16-14-23)21(25)12-9-18-7-10-19(11-8-18)22(26)27-2/h3-12H,13-16H2,1-2H3/b12-9+. The minimum Gasteiger partial charge on any atom is -0.465 e. The van der Waals surface area contributed by atoms with E-state index in [0.717, 1.165) is 18.7 Å². The molecule has 1 fully saturated rings. The minimum absolute atomic E-state index is 0.0106. The SMILES string of the molecule is COC(=O)c1ccc(/C=C/C(=O)N2CCN(c3ccccc3C)CC2)cc1. The number of piperazine rings is 1. The summed E-state index contributed by atoms with van der Waals surface area (Å²) in [6.45, 7) is 5.19. The van der Waals surface area contributed by atoms with Crippen LogP contribution in [-0.2, 0) is 9.53 Å². The number of aryl methyl sites for hydroxylation is 1. The number of ether oxygens (including phenoxy) is 1. The van der Waals surface area contributed by atoms with Crippen molar-refractivity contribution in [1.82, 2.24) is 4.90 Å². The van der Waals surface area contributed by atoms with Gasteiger partial charge in [0, 0.05) is 37.9 Å². The Morgan fingerprint density at radius 3 is 2.26 bits per heavy atom. The summed E-state index contributed by atoms with van der Waals surface area (Å²) in [7, 11) is 1.35. The second kappa shape index (κ2) is 8.54. The van der Waals surface area contributed by atoms with Crippen LogP contribution in [0.5, 0.6) is 0 Å². The van der Waals surface area contributed by atoms with E-state index in [2.05, 4.69) is 28.7 Å². The maximum atomic E-state index is 12.4. The Morgan fingerprint density at radius 2 is 1.63 bits per heavy atom. The zero-order valence-corrected chi connectivity index (χ0v) is 15.7. The lowest BCUT2D eigenvalue weighted by molar-refractivity contribution is -0.126. The normalized spacial score (nSPS) is 14.4. The summed E-state index contributed by atoms with van der Waals surface area (Å²) in [4.78, 5) is 28.1. The molecule has 0 atom stereocenters. The molecule has 0 saturated carbocycles. The fourth-order valence-electron chi connectivity index (χ4n) is 3.21. The molecule has 2 aromatic carbocycles. The monoisotopic (exact) mass is 364 g/mol. The number of carbonyl (C=O) groups excluding carboxylic acids is 2. The van der Waals surface area contributed by atoms with Crippen molar-refractivity contribution in [2.45, 2.75) is 6.92 Å². The Kier molecular flexibility index (Phi) is 5.91. The van der Waals surface area contributed by atoms with Crippen LogP contribution in [0.15, 0.2) is 54.6 Å². The number of hydrogen-bond acceptors (Lipinski definition) is 4. The van der Waals surface area contributed by atoms with Crippen molar-refractivity contribution in [2.24, 2.45) is 0 Å². The molecule has 0 aliphatic carbocycles. The van der Waals surface area contributed by atoms with E-state index in [0.29, 0.717) is 18.7 Å². The van der Waals surface area contributed by atoms with E-state index in [1.165, 1.54) is 18.4 Å². The summed E-state index contributed by atoms with van der Waals surface area (Å²) >= 11 is 0. The van der Waals surface area contributed by atoms with Crippen LogP contribution in [0.25, 0.3) is 6.08 Å². The summed E-state index contributed by atoms with van der Waals surface area (Å²) in [5.41, 5.74) is 3.86. The summed E-state index contributed by atoms with van der Waals surface area (Å²) < 4.78 is 4.68. The molecule has 1 aliphatic heterocycles. The molecule has 5 nitrogen and oxygen atoms in total. The third-order valence-electron chi connectivity index (χ3n) is 4.80. The van der Waals surface area contributed by atoms with Crippen LogP contribution in [0.2, 0.25) is 0 Å². The number of nitrogens with zero attached hydrogens (tertiary/aromatic N) is 2. The highest BCUT2D eigenvalue weighted by Gasteiger charge is 2.20. The maximum absolute atomic E-state index is 12.4. The largest absolute Gasteiger partial charge is 0.465 e. The smallest absolute Gasteiger partial charge is 0.337 e. The molecular weight excluding hydrogens is 340 g/mol. The first kappa shape index (κ1) is 18.7. The van der Waals surface area contributed by atoms with E-state index in [1.807, 2.05) is 17.0 Å². The van der Waals surface area contributed by atoms with E-state index < -0.39 is 0 Å². The molecule has 5 heteroatoms. The highest BCUT2D eigenvalue weighted by molar-refractivity contribution is 5.92. The molecular formula is C22H24N2O3. The number of rotatable bonds is 4. The van der Waals surface area contributed by atoms with Crippen LogP contribution < -0.4 is 4.90 Å². The van der Waals surface area contributed by atoms with Gasteiger partial charge in [-0.3, -0.25) is 4.79 Å². The van der Waals surface area contributed by atoms with Crippen molar-refractivity contribution in [3.63, 3.8) is 0 Å². The maximum Gasteiger partial charge on any atom is 0.337 e. The van der Waals surface area contributed by atoms with Crippen molar-refractivity contribution in [1.29, 1.82) is 0 Å². The van der Waals surface area contributed by atoms with Crippen LogP contribution in [-0.4, -0.2) is 50.1 Å². The first-order valence-corrected chi connectivity index (χ1v) is 9.04. The van der Waals surface area contributed by atoms with Gasteiger partial charge in [0.2, 0.25) is 5.91 Å². The molecule has 3 rings (SSSR count). The molecule has 140 valence electrons. The van der Waals surface area contributed by atoms with Crippen molar-refractivity contribution < 1.29 is 14.3 Å². The number of methoxy groups -OCH3 is 1. The fourth-order valence-corrected chi connectivity index (χ4v) is 3.21. The molecule has 1 saturated heterocycles. The number of hydrogen-bond donors (Lipinski definition) is 0. The number of carbonyl (C=O) groups is 2. The average molecular weight is 364 g/mol. The molecule has 0 N–H and O–H groups in total. The molecule has 2 aromatic rings.